The van der Waals surface area contributed by atoms with Gasteiger partial charge in [-0.2, -0.15) is 0 Å². The number of nitrogens with two attached hydrogens (primary N) is 1. The van der Waals surface area contributed by atoms with Gasteiger partial charge in [-0.05, 0) is 33.6 Å². The van der Waals surface area contributed by atoms with Gasteiger partial charge in [0.05, 0.1) is 0 Å². The lowest BCUT2D eigenvalue weighted by Crippen LogP contribution is -2.51. The monoisotopic (exact) mass is 283 g/mol. The van der Waals surface area contributed by atoms with Crippen LogP contribution < -0.4 is 11.1 Å². The van der Waals surface area contributed by atoms with Gasteiger partial charge in [0, 0.05) is 25.0 Å². The van der Waals surface area contributed by atoms with Gasteiger partial charge in [0.2, 0.25) is 11.8 Å². The van der Waals surface area contributed by atoms with Crippen LogP contribution in [0.25, 0.3) is 0 Å². The van der Waals surface area contributed by atoms with Crippen molar-refractivity contribution < 1.29 is 9.59 Å². The summed E-state index contributed by atoms with van der Waals surface area (Å²) in [7, 11) is 0. The van der Waals surface area contributed by atoms with E-state index < -0.39 is 6.04 Å². The van der Waals surface area contributed by atoms with E-state index in [1.54, 1.807) is 11.8 Å². The molecule has 116 valence electrons. The van der Waals surface area contributed by atoms with Crippen molar-refractivity contribution in [2.75, 3.05) is 13.1 Å². The second kappa shape index (κ2) is 7.62. The van der Waals surface area contributed by atoms with E-state index in [1.165, 1.54) is 6.42 Å². The molecule has 0 heterocycles. The van der Waals surface area contributed by atoms with Crippen LogP contribution >= 0.6 is 0 Å². The molecule has 3 N–H and O–H groups in total. The first-order valence-corrected chi connectivity index (χ1v) is 7.79. The van der Waals surface area contributed by atoms with Crippen LogP contribution in [0.3, 0.4) is 0 Å². The largest absolute Gasteiger partial charge is 0.345 e. The predicted octanol–water partition coefficient (Wildman–Crippen LogP) is 1.41. The Kier molecular flexibility index (Phi) is 6.46. The molecule has 0 radical (unpaired) electrons. The Morgan fingerprint density at radius 2 is 1.75 bits per heavy atom. The summed E-state index contributed by atoms with van der Waals surface area (Å²) >= 11 is 0. The zero-order valence-electron chi connectivity index (χ0n) is 13.1. The smallest absolute Gasteiger partial charge is 0.244 e. The Labute approximate surface area is 122 Å². The number of nitrogens with zero attached hydrogens (tertiary/aromatic N) is 1. The van der Waals surface area contributed by atoms with Crippen molar-refractivity contribution in [2.45, 2.75) is 70.9 Å². The SMILES string of the molecule is CCN(CC)C(=O)C(C)NC(=O)CC1(N)CCCCC1. The number of likely N-dealkylation sites (N-methyl/N-ethyl adjacent to an activating group) is 1. The molecule has 1 rings (SSSR count). The minimum absolute atomic E-state index is 0.0296. The highest BCUT2D eigenvalue weighted by Gasteiger charge is 2.31. The van der Waals surface area contributed by atoms with Gasteiger partial charge in [0.1, 0.15) is 6.04 Å². The Bertz CT molecular complexity index is 334. The van der Waals surface area contributed by atoms with E-state index in [0.29, 0.717) is 19.5 Å². The summed E-state index contributed by atoms with van der Waals surface area (Å²) in [6.45, 7) is 6.94. The van der Waals surface area contributed by atoms with E-state index in [0.717, 1.165) is 25.7 Å². The minimum Gasteiger partial charge on any atom is -0.345 e. The fourth-order valence-electron chi connectivity index (χ4n) is 2.92. The van der Waals surface area contributed by atoms with Crippen LogP contribution in [0.2, 0.25) is 0 Å². The molecule has 0 aromatic rings. The lowest BCUT2D eigenvalue weighted by molar-refractivity contribution is -0.136. The molecule has 0 aliphatic heterocycles. The topological polar surface area (TPSA) is 75.4 Å². The Morgan fingerprint density at radius 1 is 1.20 bits per heavy atom. The third-order valence-corrected chi connectivity index (χ3v) is 4.18. The van der Waals surface area contributed by atoms with E-state index >= 15 is 0 Å². The molecule has 1 atom stereocenters. The Hall–Kier alpha value is -1.10. The number of carbonyl (C=O) groups is 2. The molecule has 1 aliphatic carbocycles. The summed E-state index contributed by atoms with van der Waals surface area (Å²) in [6, 6.07) is -0.477. The van der Waals surface area contributed by atoms with Crippen molar-refractivity contribution in [1.29, 1.82) is 0 Å². The second-order valence-electron chi connectivity index (χ2n) is 5.90. The number of hydrogen-bond donors (Lipinski definition) is 2. The summed E-state index contributed by atoms with van der Waals surface area (Å²) in [5, 5.41) is 2.79. The van der Waals surface area contributed by atoms with Crippen LogP contribution in [0.1, 0.15) is 59.3 Å². The molecule has 5 nitrogen and oxygen atoms in total. The summed E-state index contributed by atoms with van der Waals surface area (Å²) in [4.78, 5) is 25.9. The third-order valence-electron chi connectivity index (χ3n) is 4.18. The first kappa shape index (κ1) is 17.0. The van der Waals surface area contributed by atoms with E-state index in [4.69, 9.17) is 5.73 Å². The van der Waals surface area contributed by atoms with Gasteiger partial charge < -0.3 is 16.0 Å². The van der Waals surface area contributed by atoms with Gasteiger partial charge >= 0.3 is 0 Å². The highest BCUT2D eigenvalue weighted by molar-refractivity contribution is 5.87. The number of rotatable bonds is 6. The van der Waals surface area contributed by atoms with Crippen molar-refractivity contribution in [3.63, 3.8) is 0 Å². The van der Waals surface area contributed by atoms with Crippen LogP contribution in [0, 0.1) is 0 Å². The van der Waals surface area contributed by atoms with Gasteiger partial charge in [0.25, 0.3) is 0 Å². The number of hydrogen-bond acceptors (Lipinski definition) is 3. The van der Waals surface area contributed by atoms with Gasteiger partial charge in [-0.15, -0.1) is 0 Å². The molecule has 0 bridgehead atoms. The maximum absolute atomic E-state index is 12.1. The molecular formula is C15H29N3O2. The van der Waals surface area contributed by atoms with Crippen LogP contribution in [-0.2, 0) is 9.59 Å². The highest BCUT2D eigenvalue weighted by atomic mass is 16.2. The normalized spacial score (nSPS) is 19.2. The molecular weight excluding hydrogens is 254 g/mol. The maximum atomic E-state index is 12.1. The molecule has 0 aromatic carbocycles. The van der Waals surface area contributed by atoms with Crippen LogP contribution in [0.15, 0.2) is 0 Å². The van der Waals surface area contributed by atoms with Gasteiger partial charge in [-0.1, -0.05) is 19.3 Å². The van der Waals surface area contributed by atoms with Crippen molar-refractivity contribution >= 4 is 11.8 Å². The van der Waals surface area contributed by atoms with Crippen LogP contribution in [0.5, 0.6) is 0 Å². The molecule has 1 saturated carbocycles. The molecule has 2 amide bonds. The molecule has 0 spiro atoms. The van der Waals surface area contributed by atoms with Crippen LogP contribution in [0.4, 0.5) is 0 Å². The lowest BCUT2D eigenvalue weighted by atomic mass is 9.80. The Balaban J connectivity index is 2.46. The number of nitrogens with one attached hydrogen (secondary N) is 1. The average Bonchev–Trinajstić information content (AvgIpc) is 2.39. The maximum Gasteiger partial charge on any atom is 0.244 e. The molecule has 1 aliphatic rings. The summed E-state index contributed by atoms with van der Waals surface area (Å²) in [5.41, 5.74) is 5.89. The first-order chi connectivity index (χ1) is 9.41. The quantitative estimate of drug-likeness (QED) is 0.774. The zero-order valence-corrected chi connectivity index (χ0v) is 13.1. The van der Waals surface area contributed by atoms with Crippen molar-refractivity contribution in [3.8, 4) is 0 Å². The standard InChI is InChI=1S/C15H29N3O2/c1-4-18(5-2)14(20)12(3)17-13(19)11-15(16)9-7-6-8-10-15/h12H,4-11,16H2,1-3H3,(H,17,19). The van der Waals surface area contributed by atoms with E-state index in [9.17, 15) is 9.59 Å². The molecule has 20 heavy (non-hydrogen) atoms. The predicted molar refractivity (Wildman–Crippen MR) is 80.2 cm³/mol. The van der Waals surface area contributed by atoms with Gasteiger partial charge in [-0.3, -0.25) is 9.59 Å². The minimum atomic E-state index is -0.477. The van der Waals surface area contributed by atoms with Crippen LogP contribution in [-0.4, -0.2) is 41.4 Å². The van der Waals surface area contributed by atoms with E-state index in [-0.39, 0.29) is 17.4 Å². The number of carbonyl (C=O) groups excluding carboxylic acids is 2. The van der Waals surface area contributed by atoms with Gasteiger partial charge in [0.15, 0.2) is 0 Å². The highest BCUT2D eigenvalue weighted by Crippen LogP contribution is 2.28. The molecule has 5 heteroatoms. The molecule has 0 saturated heterocycles. The summed E-state index contributed by atoms with van der Waals surface area (Å²) in [5.74, 6) is -0.138. The zero-order chi connectivity index (χ0) is 15.2. The van der Waals surface area contributed by atoms with Crippen molar-refractivity contribution in [2.24, 2.45) is 5.73 Å². The summed E-state index contributed by atoms with van der Waals surface area (Å²) < 4.78 is 0. The fraction of sp³-hybridized carbons (Fsp3) is 0.867. The molecule has 1 fully saturated rings. The average molecular weight is 283 g/mol. The van der Waals surface area contributed by atoms with E-state index in [2.05, 4.69) is 5.32 Å². The lowest BCUT2D eigenvalue weighted by Gasteiger charge is -2.33. The molecule has 0 aromatic heterocycles. The van der Waals surface area contributed by atoms with Gasteiger partial charge in [-0.25, -0.2) is 0 Å². The second-order valence-corrected chi connectivity index (χ2v) is 5.90. The van der Waals surface area contributed by atoms with Crippen molar-refractivity contribution in [1.82, 2.24) is 10.2 Å². The third kappa shape index (κ3) is 4.78. The fourth-order valence-corrected chi connectivity index (χ4v) is 2.92. The summed E-state index contributed by atoms with van der Waals surface area (Å²) in [6.07, 6.45) is 5.52. The first-order valence-electron chi connectivity index (χ1n) is 7.79. The van der Waals surface area contributed by atoms with E-state index in [1.807, 2.05) is 13.8 Å². The molecule has 1 unspecified atom stereocenters. The Morgan fingerprint density at radius 3 is 2.25 bits per heavy atom. The van der Waals surface area contributed by atoms with Crippen molar-refractivity contribution in [3.05, 3.63) is 0 Å². The number of amides is 2.